The second kappa shape index (κ2) is 5.91. The molecule has 0 saturated carbocycles. The van der Waals surface area contributed by atoms with Crippen molar-refractivity contribution in [1.29, 1.82) is 0 Å². The molecule has 0 bridgehead atoms. The van der Waals surface area contributed by atoms with Gasteiger partial charge in [-0.2, -0.15) is 0 Å². The van der Waals surface area contributed by atoms with E-state index in [1.807, 2.05) is 29.5 Å². The van der Waals surface area contributed by atoms with E-state index >= 15 is 0 Å². The highest BCUT2D eigenvalue weighted by atomic mass is 32.1. The lowest BCUT2D eigenvalue weighted by Gasteiger charge is -2.05. The Morgan fingerprint density at radius 1 is 0.682 bits per heavy atom. The van der Waals surface area contributed by atoms with E-state index in [2.05, 4.69) is 54.6 Å². The molecule has 4 rings (SSSR count). The van der Waals surface area contributed by atoms with Crippen molar-refractivity contribution in [2.45, 2.75) is 13.2 Å². The highest BCUT2D eigenvalue weighted by molar-refractivity contribution is 7.26. The molecule has 1 aromatic heterocycles. The average Bonchev–Trinajstić information content (AvgIpc) is 2.96. The molecule has 0 amide bonds. The van der Waals surface area contributed by atoms with E-state index in [0.717, 1.165) is 0 Å². The fourth-order valence-corrected chi connectivity index (χ4v) is 3.97. The summed E-state index contributed by atoms with van der Waals surface area (Å²) in [7, 11) is 0. The minimum absolute atomic E-state index is 0.652. The monoisotopic (exact) mass is 304 g/mol. The first kappa shape index (κ1) is 13.5. The van der Waals surface area contributed by atoms with E-state index in [-0.39, 0.29) is 0 Å². The molecular weight excluding hydrogens is 288 g/mol. The molecule has 0 N–H and O–H groups in total. The van der Waals surface area contributed by atoms with Crippen molar-refractivity contribution >= 4 is 31.5 Å². The molecule has 3 aromatic carbocycles. The van der Waals surface area contributed by atoms with E-state index in [9.17, 15) is 0 Å². The zero-order valence-electron chi connectivity index (χ0n) is 12.2. The maximum atomic E-state index is 5.92. The third kappa shape index (κ3) is 2.52. The van der Waals surface area contributed by atoms with Crippen molar-refractivity contribution in [2.24, 2.45) is 0 Å². The van der Waals surface area contributed by atoms with E-state index < -0.39 is 0 Å². The van der Waals surface area contributed by atoms with Crippen LogP contribution in [0.15, 0.2) is 72.8 Å². The van der Waals surface area contributed by atoms with Gasteiger partial charge in [0.25, 0.3) is 0 Å². The smallest absolute Gasteiger partial charge is 0.0735 e. The number of hydrogen-bond donors (Lipinski definition) is 0. The predicted molar refractivity (Wildman–Crippen MR) is 94.3 cm³/mol. The van der Waals surface area contributed by atoms with Gasteiger partial charge in [0.1, 0.15) is 0 Å². The van der Waals surface area contributed by atoms with E-state index in [4.69, 9.17) is 4.74 Å². The molecule has 22 heavy (non-hydrogen) atoms. The number of thiophene rings is 1. The molecule has 0 atom stereocenters. The summed E-state index contributed by atoms with van der Waals surface area (Å²) < 4.78 is 8.60. The molecule has 0 unspecified atom stereocenters. The van der Waals surface area contributed by atoms with Crippen LogP contribution in [0.2, 0.25) is 0 Å². The van der Waals surface area contributed by atoms with Crippen LogP contribution in [-0.2, 0) is 18.0 Å². The van der Waals surface area contributed by atoms with Crippen LogP contribution in [0.5, 0.6) is 0 Å². The second-order valence-corrected chi connectivity index (χ2v) is 6.42. The molecule has 0 aliphatic carbocycles. The lowest BCUT2D eigenvalue weighted by atomic mass is 10.1. The van der Waals surface area contributed by atoms with E-state index in [1.165, 1.54) is 31.3 Å². The summed E-state index contributed by atoms with van der Waals surface area (Å²) in [5.41, 5.74) is 2.49. The van der Waals surface area contributed by atoms with Gasteiger partial charge in [-0.05, 0) is 17.2 Å². The number of hydrogen-bond acceptors (Lipinski definition) is 2. The van der Waals surface area contributed by atoms with Crippen molar-refractivity contribution in [3.8, 4) is 0 Å². The van der Waals surface area contributed by atoms with Crippen LogP contribution in [0.3, 0.4) is 0 Å². The summed E-state index contributed by atoms with van der Waals surface area (Å²) in [6, 6.07) is 25.4. The molecule has 1 heterocycles. The van der Waals surface area contributed by atoms with Crippen LogP contribution >= 0.6 is 11.3 Å². The van der Waals surface area contributed by atoms with Crippen molar-refractivity contribution in [2.75, 3.05) is 0 Å². The molecule has 0 aliphatic rings. The van der Waals surface area contributed by atoms with Crippen LogP contribution in [0.25, 0.3) is 20.2 Å². The van der Waals surface area contributed by atoms with Crippen molar-refractivity contribution in [3.63, 3.8) is 0 Å². The topological polar surface area (TPSA) is 9.23 Å². The molecule has 0 aliphatic heterocycles. The molecule has 2 heteroatoms. The first-order valence-electron chi connectivity index (χ1n) is 7.42. The Bertz CT molecular complexity index is 909. The maximum Gasteiger partial charge on any atom is 0.0735 e. The van der Waals surface area contributed by atoms with Crippen LogP contribution in [-0.4, -0.2) is 0 Å². The van der Waals surface area contributed by atoms with Crippen LogP contribution in [0.4, 0.5) is 0 Å². The van der Waals surface area contributed by atoms with Crippen LogP contribution < -0.4 is 0 Å². The quantitative estimate of drug-likeness (QED) is 0.465. The molecule has 0 spiro atoms. The number of rotatable bonds is 4. The predicted octanol–water partition coefficient (Wildman–Crippen LogP) is 5.77. The standard InChI is InChI=1S/C20H16OS/c1-2-7-15(8-3-1)13-21-14-16-9-6-11-18-17-10-4-5-12-19(17)22-20(16)18/h1-12H,13-14H2. The lowest BCUT2D eigenvalue weighted by Crippen LogP contribution is -1.94. The summed E-state index contributed by atoms with van der Waals surface area (Å²) in [4.78, 5) is 0. The fourth-order valence-electron chi connectivity index (χ4n) is 2.77. The molecule has 0 radical (unpaired) electrons. The van der Waals surface area contributed by atoms with Gasteiger partial charge in [0.2, 0.25) is 0 Å². The molecule has 1 nitrogen and oxygen atoms in total. The second-order valence-electron chi connectivity index (χ2n) is 5.37. The van der Waals surface area contributed by atoms with Gasteiger partial charge >= 0.3 is 0 Å². The molecular formula is C20H16OS. The van der Waals surface area contributed by atoms with E-state index in [1.54, 1.807) is 0 Å². The van der Waals surface area contributed by atoms with Gasteiger partial charge < -0.3 is 4.74 Å². The highest BCUT2D eigenvalue weighted by Gasteiger charge is 2.08. The zero-order chi connectivity index (χ0) is 14.8. The minimum atomic E-state index is 0.652. The van der Waals surface area contributed by atoms with Crippen LogP contribution in [0, 0.1) is 0 Å². The van der Waals surface area contributed by atoms with Crippen molar-refractivity contribution in [3.05, 3.63) is 83.9 Å². The molecule has 4 aromatic rings. The van der Waals surface area contributed by atoms with Gasteiger partial charge in [0.05, 0.1) is 13.2 Å². The Hall–Kier alpha value is -2.16. The van der Waals surface area contributed by atoms with Gasteiger partial charge in [-0.3, -0.25) is 0 Å². The Balaban J connectivity index is 1.61. The molecule has 0 fully saturated rings. The maximum absolute atomic E-state index is 5.92. The van der Waals surface area contributed by atoms with Gasteiger partial charge in [-0.15, -0.1) is 11.3 Å². The van der Waals surface area contributed by atoms with Gasteiger partial charge in [-0.25, -0.2) is 0 Å². The zero-order valence-corrected chi connectivity index (χ0v) is 13.0. The lowest BCUT2D eigenvalue weighted by molar-refractivity contribution is 0.108. The van der Waals surface area contributed by atoms with Crippen LogP contribution in [0.1, 0.15) is 11.1 Å². The summed E-state index contributed by atoms with van der Waals surface area (Å²) in [6.07, 6.45) is 0. The SMILES string of the molecule is c1ccc(COCc2cccc3c2sc2ccccc23)cc1. The molecule has 108 valence electrons. The third-order valence-corrected chi connectivity index (χ3v) is 5.12. The van der Waals surface area contributed by atoms with Gasteiger partial charge in [0, 0.05) is 20.2 Å². The summed E-state index contributed by atoms with van der Waals surface area (Å²) in [5, 5.41) is 2.67. The Kier molecular flexibility index (Phi) is 3.63. The summed E-state index contributed by atoms with van der Waals surface area (Å²) in [5.74, 6) is 0. The number of ether oxygens (including phenoxy) is 1. The Morgan fingerprint density at radius 2 is 1.45 bits per heavy atom. The number of fused-ring (bicyclic) bond motifs is 3. The Labute approximate surface area is 133 Å². The molecule has 0 saturated heterocycles. The van der Waals surface area contributed by atoms with Crippen molar-refractivity contribution in [1.82, 2.24) is 0 Å². The van der Waals surface area contributed by atoms with Crippen molar-refractivity contribution < 1.29 is 4.74 Å². The largest absolute Gasteiger partial charge is 0.372 e. The first-order valence-corrected chi connectivity index (χ1v) is 8.24. The first-order chi connectivity index (χ1) is 10.9. The van der Waals surface area contributed by atoms with Gasteiger partial charge in [0.15, 0.2) is 0 Å². The minimum Gasteiger partial charge on any atom is -0.372 e. The summed E-state index contributed by atoms with van der Waals surface area (Å²) >= 11 is 1.85. The summed E-state index contributed by atoms with van der Waals surface area (Å²) in [6.45, 7) is 1.31. The highest BCUT2D eigenvalue weighted by Crippen LogP contribution is 2.35. The van der Waals surface area contributed by atoms with E-state index in [0.29, 0.717) is 13.2 Å². The third-order valence-electron chi connectivity index (χ3n) is 3.85. The fraction of sp³-hybridized carbons (Fsp3) is 0.100. The number of benzene rings is 3. The van der Waals surface area contributed by atoms with Gasteiger partial charge in [-0.1, -0.05) is 66.7 Å². The average molecular weight is 304 g/mol. The normalized spacial score (nSPS) is 11.3. The Morgan fingerprint density at radius 3 is 2.36 bits per heavy atom.